The number of ether oxygens (including phenoxy) is 2. The Balaban J connectivity index is 1.22. The molecule has 3 N–H and O–H groups in total. The lowest BCUT2D eigenvalue weighted by atomic mass is 9.87. The number of aliphatic hydroxyl groups is 1. The van der Waals surface area contributed by atoms with Gasteiger partial charge in [0.1, 0.15) is 23.3 Å². The standard InChI is InChI=1S/C40H59Br4N3O6/c1-4-5-6-13-17-28(2)18-14-11-9-7-8-10-12-15-19-34(48)45-22-20-29-24-30(41)36(31(42)25-29)52-23-16-21-46-39(50)33-27-40(53-47-33)26-32(43)37(51-3)35(44)38(40)49/h24-26,28,38,49H,4-23,27H2,1-3H3,(H,45,48)(H,46,50)/t28?,38-,40+/m0/s1. The number of nitrogens with zero attached hydrogens (tertiary/aromatic N) is 1. The van der Waals surface area contributed by atoms with Crippen LogP contribution in [0.3, 0.4) is 0 Å². The summed E-state index contributed by atoms with van der Waals surface area (Å²) in [5.41, 5.74) is 0.0734. The van der Waals surface area contributed by atoms with Crippen LogP contribution in [0, 0.1) is 5.92 Å². The molecule has 0 fully saturated rings. The van der Waals surface area contributed by atoms with Crippen LogP contribution >= 0.6 is 63.7 Å². The number of methoxy groups -OCH3 is 1. The Morgan fingerprint density at radius 3 is 2.19 bits per heavy atom. The van der Waals surface area contributed by atoms with Gasteiger partial charge in [-0.05, 0) is 113 Å². The summed E-state index contributed by atoms with van der Waals surface area (Å²) in [5.74, 6) is 1.77. The van der Waals surface area contributed by atoms with Gasteiger partial charge in [-0.3, -0.25) is 9.59 Å². The minimum Gasteiger partial charge on any atom is -0.495 e. The van der Waals surface area contributed by atoms with E-state index in [1.54, 1.807) is 6.08 Å². The summed E-state index contributed by atoms with van der Waals surface area (Å²) >= 11 is 14.0. The van der Waals surface area contributed by atoms with Gasteiger partial charge in [-0.25, -0.2) is 0 Å². The fraction of sp³-hybridized carbons (Fsp3) is 0.675. The van der Waals surface area contributed by atoms with Gasteiger partial charge in [0.05, 0.1) is 31.6 Å². The van der Waals surface area contributed by atoms with Gasteiger partial charge in [0.25, 0.3) is 5.91 Å². The second-order valence-corrected chi connectivity index (χ2v) is 17.7. The van der Waals surface area contributed by atoms with Gasteiger partial charge in [0.2, 0.25) is 5.91 Å². The molecule has 0 radical (unpaired) electrons. The molecule has 1 aromatic rings. The minimum atomic E-state index is -1.20. The number of allylic oxidation sites excluding steroid dienone is 1. The van der Waals surface area contributed by atoms with Crippen molar-refractivity contribution in [3.8, 4) is 5.75 Å². The number of aliphatic hydroxyl groups excluding tert-OH is 1. The Labute approximate surface area is 350 Å². The number of carbonyl (C=O) groups is 2. The van der Waals surface area contributed by atoms with E-state index < -0.39 is 11.7 Å². The first-order valence-corrected chi connectivity index (χ1v) is 22.6. The van der Waals surface area contributed by atoms with Gasteiger partial charge in [-0.2, -0.15) is 0 Å². The number of rotatable bonds is 26. The monoisotopic (exact) mass is 993 g/mol. The second-order valence-electron chi connectivity index (χ2n) is 14.3. The molecule has 298 valence electrons. The van der Waals surface area contributed by atoms with Gasteiger partial charge < -0.3 is 30.1 Å². The summed E-state index contributed by atoms with van der Waals surface area (Å²) in [7, 11) is 1.50. The topological polar surface area (TPSA) is 118 Å². The summed E-state index contributed by atoms with van der Waals surface area (Å²) in [6.45, 7) is 6.03. The van der Waals surface area contributed by atoms with Crippen molar-refractivity contribution in [3.05, 3.63) is 47.4 Å². The summed E-state index contributed by atoms with van der Waals surface area (Å²) in [6.07, 6.45) is 20.8. The largest absolute Gasteiger partial charge is 0.495 e. The van der Waals surface area contributed by atoms with E-state index in [4.69, 9.17) is 14.3 Å². The van der Waals surface area contributed by atoms with Crippen molar-refractivity contribution in [3.63, 3.8) is 0 Å². The van der Waals surface area contributed by atoms with Gasteiger partial charge in [-0.15, -0.1) is 0 Å². The molecular formula is C40H59Br4N3O6. The maximum absolute atomic E-state index is 12.8. The summed E-state index contributed by atoms with van der Waals surface area (Å²) < 4.78 is 14.0. The van der Waals surface area contributed by atoms with E-state index in [1.165, 1.54) is 84.2 Å². The summed E-state index contributed by atoms with van der Waals surface area (Å²) in [6, 6.07) is 4.01. The van der Waals surface area contributed by atoms with Crippen molar-refractivity contribution in [2.24, 2.45) is 11.1 Å². The number of carbonyl (C=O) groups excluding carboxylic acids is 2. The first-order valence-electron chi connectivity index (χ1n) is 19.4. The van der Waals surface area contributed by atoms with Crippen molar-refractivity contribution >= 4 is 81.2 Å². The van der Waals surface area contributed by atoms with E-state index in [0.29, 0.717) is 59.4 Å². The zero-order chi connectivity index (χ0) is 38.6. The molecule has 0 saturated carbocycles. The highest BCUT2D eigenvalue weighted by Crippen LogP contribution is 2.44. The lowest BCUT2D eigenvalue weighted by Crippen LogP contribution is -2.45. The van der Waals surface area contributed by atoms with Crippen LogP contribution in [0.5, 0.6) is 5.75 Å². The smallest absolute Gasteiger partial charge is 0.269 e. The molecule has 2 aliphatic rings. The minimum absolute atomic E-state index is 0.104. The lowest BCUT2D eigenvalue weighted by Gasteiger charge is -2.33. The molecule has 0 bridgehead atoms. The SMILES string of the molecule is CCCCCCC(C)CCCCCCCCCCC(=O)NCCc1cc(Br)c(OCCCNC(=O)C2=NO[C@]3(C=C(Br)C(OC)=C(Br)[C@@H]3O)C2)c(Br)c1. The van der Waals surface area contributed by atoms with Crippen molar-refractivity contribution in [1.29, 1.82) is 0 Å². The number of oxime groups is 1. The number of unbranched alkanes of at least 4 members (excludes halogenated alkanes) is 10. The third kappa shape index (κ3) is 15.6. The molecule has 1 unspecified atom stereocenters. The van der Waals surface area contributed by atoms with E-state index in [0.717, 1.165) is 33.3 Å². The van der Waals surface area contributed by atoms with Crippen LogP contribution in [0.25, 0.3) is 0 Å². The molecule has 1 aliphatic heterocycles. The Morgan fingerprint density at radius 2 is 1.55 bits per heavy atom. The average Bonchev–Trinajstić information content (AvgIpc) is 3.55. The quantitative estimate of drug-likeness (QED) is 0.0796. The van der Waals surface area contributed by atoms with Crippen LogP contribution in [0.4, 0.5) is 0 Å². The Morgan fingerprint density at radius 1 is 0.925 bits per heavy atom. The van der Waals surface area contributed by atoms with Crippen molar-refractivity contribution < 1.29 is 29.0 Å². The highest BCUT2D eigenvalue weighted by atomic mass is 79.9. The van der Waals surface area contributed by atoms with Crippen LogP contribution in [-0.2, 0) is 25.6 Å². The zero-order valence-corrected chi connectivity index (χ0v) is 38.0. The van der Waals surface area contributed by atoms with E-state index in [1.807, 2.05) is 12.1 Å². The van der Waals surface area contributed by atoms with Crippen molar-refractivity contribution in [1.82, 2.24) is 10.6 Å². The highest BCUT2D eigenvalue weighted by Gasteiger charge is 2.50. The first kappa shape index (κ1) is 46.0. The van der Waals surface area contributed by atoms with Gasteiger partial charge in [-0.1, -0.05) is 102 Å². The molecule has 1 aromatic carbocycles. The predicted molar refractivity (Wildman–Crippen MR) is 228 cm³/mol. The first-order chi connectivity index (χ1) is 25.5. The third-order valence-electron chi connectivity index (χ3n) is 9.79. The van der Waals surface area contributed by atoms with E-state index >= 15 is 0 Å². The Bertz CT molecular complexity index is 1400. The second kappa shape index (κ2) is 25.0. The predicted octanol–water partition coefficient (Wildman–Crippen LogP) is 10.7. The number of hydrogen-bond donors (Lipinski definition) is 3. The molecule has 0 aromatic heterocycles. The molecule has 13 heteroatoms. The number of nitrogens with one attached hydrogen (secondary N) is 2. The van der Waals surface area contributed by atoms with Gasteiger partial charge in [0.15, 0.2) is 5.60 Å². The molecule has 1 spiro atoms. The molecule has 9 nitrogen and oxygen atoms in total. The lowest BCUT2D eigenvalue weighted by molar-refractivity contribution is -0.121. The van der Waals surface area contributed by atoms with Gasteiger partial charge >= 0.3 is 0 Å². The number of hydrogen-bond acceptors (Lipinski definition) is 7. The Hall–Kier alpha value is -1.41. The normalized spacial score (nSPS) is 18.8. The van der Waals surface area contributed by atoms with Crippen LogP contribution in [-0.4, -0.2) is 61.1 Å². The van der Waals surface area contributed by atoms with Crippen molar-refractivity contribution in [2.75, 3.05) is 26.8 Å². The molecule has 53 heavy (non-hydrogen) atoms. The zero-order valence-electron chi connectivity index (χ0n) is 31.7. The molecule has 3 atom stereocenters. The van der Waals surface area contributed by atoms with Gasteiger partial charge in [0, 0.05) is 25.9 Å². The fourth-order valence-electron chi connectivity index (χ4n) is 6.60. The number of benzene rings is 1. The molecule has 3 rings (SSSR count). The maximum Gasteiger partial charge on any atom is 0.269 e. The van der Waals surface area contributed by atoms with Crippen LogP contribution < -0.4 is 15.4 Å². The highest BCUT2D eigenvalue weighted by molar-refractivity contribution is 9.12. The molecular weight excluding hydrogens is 938 g/mol. The van der Waals surface area contributed by atoms with E-state index in [9.17, 15) is 14.7 Å². The maximum atomic E-state index is 12.8. The molecule has 0 saturated heterocycles. The molecule has 1 heterocycles. The van der Waals surface area contributed by atoms with Crippen molar-refractivity contribution in [2.45, 2.75) is 141 Å². The Kier molecular flexibility index (Phi) is 21.7. The summed E-state index contributed by atoms with van der Waals surface area (Å²) in [4.78, 5) is 30.7. The summed E-state index contributed by atoms with van der Waals surface area (Å²) in [5, 5.41) is 20.7. The van der Waals surface area contributed by atoms with E-state index in [2.05, 4.69) is 93.4 Å². The number of halogens is 4. The van der Waals surface area contributed by atoms with Crippen LogP contribution in [0.2, 0.25) is 0 Å². The van der Waals surface area contributed by atoms with Crippen LogP contribution in [0.1, 0.15) is 129 Å². The fourth-order valence-corrected chi connectivity index (χ4v) is 9.90. The molecule has 1 aliphatic carbocycles. The average molecular weight is 998 g/mol. The third-order valence-corrected chi connectivity index (χ3v) is 12.4. The molecule has 2 amide bonds. The number of amides is 2. The van der Waals surface area contributed by atoms with E-state index in [-0.39, 0.29) is 23.9 Å². The van der Waals surface area contributed by atoms with Crippen LogP contribution in [0.15, 0.2) is 47.0 Å².